The number of nitrogens with one attached hydrogen (secondary N) is 1. The first-order valence-corrected chi connectivity index (χ1v) is 8.22. The standard InChI is InChI=1S/C15H21N5S/c1-11-5-6-15(19-18-11)20-7-3-4-13(10-20)17-9-14-8-16-12(2)21-14/h5-6,8,13,17H,3-4,7,9-10H2,1-2H3. The number of rotatable bonds is 4. The van der Waals surface area contributed by atoms with Crippen molar-refractivity contribution in [1.82, 2.24) is 20.5 Å². The molecule has 1 aliphatic rings. The zero-order valence-electron chi connectivity index (χ0n) is 12.5. The quantitative estimate of drug-likeness (QED) is 0.939. The summed E-state index contributed by atoms with van der Waals surface area (Å²) in [5, 5.41) is 13.2. The number of hydrogen-bond acceptors (Lipinski definition) is 6. The number of anilines is 1. The molecule has 0 aliphatic carbocycles. The highest BCUT2D eigenvalue weighted by Gasteiger charge is 2.20. The maximum atomic E-state index is 4.30. The van der Waals surface area contributed by atoms with Crippen LogP contribution in [0.4, 0.5) is 5.82 Å². The number of nitrogens with zero attached hydrogens (tertiary/aromatic N) is 4. The van der Waals surface area contributed by atoms with Crippen molar-refractivity contribution in [3.63, 3.8) is 0 Å². The molecule has 2 aromatic heterocycles. The molecule has 21 heavy (non-hydrogen) atoms. The van der Waals surface area contributed by atoms with Crippen molar-refractivity contribution in [2.24, 2.45) is 0 Å². The van der Waals surface area contributed by atoms with Crippen molar-refractivity contribution in [1.29, 1.82) is 0 Å². The van der Waals surface area contributed by atoms with Gasteiger partial charge < -0.3 is 10.2 Å². The fraction of sp³-hybridized carbons (Fsp3) is 0.533. The first kappa shape index (κ1) is 14.4. The number of thiazole rings is 1. The molecule has 1 unspecified atom stereocenters. The normalized spacial score (nSPS) is 19.0. The minimum atomic E-state index is 0.504. The molecular weight excluding hydrogens is 282 g/mol. The van der Waals surface area contributed by atoms with Gasteiger partial charge in [0.2, 0.25) is 0 Å². The molecule has 0 bridgehead atoms. The smallest absolute Gasteiger partial charge is 0.151 e. The van der Waals surface area contributed by atoms with Crippen LogP contribution in [0, 0.1) is 13.8 Å². The lowest BCUT2D eigenvalue weighted by molar-refractivity contribution is 0.420. The van der Waals surface area contributed by atoms with E-state index in [9.17, 15) is 0 Å². The van der Waals surface area contributed by atoms with E-state index < -0.39 is 0 Å². The third kappa shape index (κ3) is 3.77. The lowest BCUT2D eigenvalue weighted by Gasteiger charge is -2.33. The van der Waals surface area contributed by atoms with Crippen LogP contribution in [-0.2, 0) is 6.54 Å². The Balaban J connectivity index is 1.56. The van der Waals surface area contributed by atoms with Gasteiger partial charge in [0.05, 0.1) is 10.7 Å². The minimum Gasteiger partial charge on any atom is -0.354 e. The molecular formula is C15H21N5S. The summed E-state index contributed by atoms with van der Waals surface area (Å²) >= 11 is 1.77. The minimum absolute atomic E-state index is 0.504. The van der Waals surface area contributed by atoms with Crippen molar-refractivity contribution in [3.8, 4) is 0 Å². The second-order valence-electron chi connectivity index (χ2n) is 5.54. The molecule has 1 aliphatic heterocycles. The van der Waals surface area contributed by atoms with Crippen LogP contribution in [0.15, 0.2) is 18.3 Å². The third-order valence-corrected chi connectivity index (χ3v) is 4.68. The Hall–Kier alpha value is -1.53. The molecule has 6 heteroatoms. The molecule has 112 valence electrons. The summed E-state index contributed by atoms with van der Waals surface area (Å²) in [6.45, 7) is 6.98. The summed E-state index contributed by atoms with van der Waals surface area (Å²) < 4.78 is 0. The van der Waals surface area contributed by atoms with Crippen molar-refractivity contribution in [2.75, 3.05) is 18.0 Å². The molecule has 0 spiro atoms. The highest BCUT2D eigenvalue weighted by atomic mass is 32.1. The predicted molar refractivity (Wildman–Crippen MR) is 85.7 cm³/mol. The van der Waals surface area contributed by atoms with Gasteiger partial charge in [0.1, 0.15) is 0 Å². The van der Waals surface area contributed by atoms with E-state index in [1.165, 1.54) is 17.7 Å². The number of piperidine rings is 1. The Bertz CT molecular complexity index is 580. The predicted octanol–water partition coefficient (Wildman–Crippen LogP) is 2.31. The van der Waals surface area contributed by atoms with Crippen LogP contribution in [0.1, 0.15) is 28.4 Å². The van der Waals surface area contributed by atoms with Gasteiger partial charge in [-0.25, -0.2) is 4.98 Å². The fourth-order valence-electron chi connectivity index (χ4n) is 2.64. The van der Waals surface area contributed by atoms with E-state index in [4.69, 9.17) is 0 Å². The number of aromatic nitrogens is 3. The Morgan fingerprint density at radius 1 is 1.33 bits per heavy atom. The Kier molecular flexibility index (Phi) is 4.45. The molecule has 1 atom stereocenters. The molecule has 0 saturated carbocycles. The van der Waals surface area contributed by atoms with Crippen LogP contribution in [0.3, 0.4) is 0 Å². The monoisotopic (exact) mass is 303 g/mol. The summed E-state index contributed by atoms with van der Waals surface area (Å²) in [5.74, 6) is 0.987. The maximum Gasteiger partial charge on any atom is 0.151 e. The van der Waals surface area contributed by atoms with Gasteiger partial charge in [-0.15, -0.1) is 16.4 Å². The average Bonchev–Trinajstić information content (AvgIpc) is 2.92. The molecule has 3 heterocycles. The van der Waals surface area contributed by atoms with Gasteiger partial charge in [0.15, 0.2) is 5.82 Å². The summed E-state index contributed by atoms with van der Waals surface area (Å²) in [4.78, 5) is 7.93. The molecule has 0 radical (unpaired) electrons. The van der Waals surface area contributed by atoms with Crippen LogP contribution in [0.2, 0.25) is 0 Å². The van der Waals surface area contributed by atoms with Crippen LogP contribution in [0.25, 0.3) is 0 Å². The van der Waals surface area contributed by atoms with Gasteiger partial charge in [-0.2, -0.15) is 5.10 Å². The van der Waals surface area contributed by atoms with Crippen molar-refractivity contribution >= 4 is 17.2 Å². The molecule has 5 nitrogen and oxygen atoms in total. The first-order valence-electron chi connectivity index (χ1n) is 7.40. The topological polar surface area (TPSA) is 53.9 Å². The van der Waals surface area contributed by atoms with Crippen LogP contribution in [0.5, 0.6) is 0 Å². The summed E-state index contributed by atoms with van der Waals surface area (Å²) in [7, 11) is 0. The molecule has 1 N–H and O–H groups in total. The fourth-order valence-corrected chi connectivity index (χ4v) is 3.39. The number of hydrogen-bond donors (Lipinski definition) is 1. The largest absolute Gasteiger partial charge is 0.354 e. The van der Waals surface area contributed by atoms with Gasteiger partial charge in [0, 0.05) is 36.8 Å². The second-order valence-corrected chi connectivity index (χ2v) is 6.86. The zero-order chi connectivity index (χ0) is 14.7. The Labute approximate surface area is 129 Å². The zero-order valence-corrected chi connectivity index (χ0v) is 13.4. The average molecular weight is 303 g/mol. The molecule has 3 rings (SSSR count). The lowest BCUT2D eigenvalue weighted by Crippen LogP contribution is -2.45. The SMILES string of the molecule is Cc1ccc(N2CCCC(NCc3cnc(C)s3)C2)nn1. The summed E-state index contributed by atoms with van der Waals surface area (Å²) in [6.07, 6.45) is 4.38. The molecule has 1 saturated heterocycles. The lowest BCUT2D eigenvalue weighted by atomic mass is 10.1. The van der Waals surface area contributed by atoms with Gasteiger partial charge >= 0.3 is 0 Å². The van der Waals surface area contributed by atoms with E-state index in [2.05, 4.69) is 31.5 Å². The molecule has 0 amide bonds. The van der Waals surface area contributed by atoms with E-state index in [0.717, 1.165) is 36.2 Å². The van der Waals surface area contributed by atoms with E-state index in [0.29, 0.717) is 6.04 Å². The Morgan fingerprint density at radius 3 is 2.95 bits per heavy atom. The maximum absolute atomic E-state index is 4.30. The molecule has 1 fully saturated rings. The van der Waals surface area contributed by atoms with E-state index in [-0.39, 0.29) is 0 Å². The van der Waals surface area contributed by atoms with Crippen LogP contribution >= 0.6 is 11.3 Å². The van der Waals surface area contributed by atoms with E-state index >= 15 is 0 Å². The van der Waals surface area contributed by atoms with Crippen molar-refractivity contribution < 1.29 is 0 Å². The second kappa shape index (κ2) is 6.49. The van der Waals surface area contributed by atoms with Gasteiger partial charge in [-0.05, 0) is 38.8 Å². The number of aryl methyl sites for hydroxylation is 2. The van der Waals surface area contributed by atoms with Crippen LogP contribution < -0.4 is 10.2 Å². The van der Waals surface area contributed by atoms with Crippen molar-refractivity contribution in [2.45, 2.75) is 39.3 Å². The van der Waals surface area contributed by atoms with Gasteiger partial charge in [0.25, 0.3) is 0 Å². The van der Waals surface area contributed by atoms with Crippen LogP contribution in [-0.4, -0.2) is 34.3 Å². The first-order chi connectivity index (χ1) is 10.2. The van der Waals surface area contributed by atoms with E-state index in [1.54, 1.807) is 11.3 Å². The highest BCUT2D eigenvalue weighted by Crippen LogP contribution is 2.18. The molecule has 0 aromatic carbocycles. The highest BCUT2D eigenvalue weighted by molar-refractivity contribution is 7.11. The summed E-state index contributed by atoms with van der Waals surface area (Å²) in [5.41, 5.74) is 0.964. The third-order valence-electron chi connectivity index (χ3n) is 3.76. The van der Waals surface area contributed by atoms with Gasteiger partial charge in [-0.1, -0.05) is 0 Å². The molecule has 2 aromatic rings. The van der Waals surface area contributed by atoms with E-state index in [1.807, 2.05) is 26.1 Å². The van der Waals surface area contributed by atoms with Crippen molar-refractivity contribution in [3.05, 3.63) is 33.9 Å². The summed E-state index contributed by atoms with van der Waals surface area (Å²) in [6, 6.07) is 4.60. The Morgan fingerprint density at radius 2 is 2.24 bits per heavy atom. The van der Waals surface area contributed by atoms with Gasteiger partial charge in [-0.3, -0.25) is 0 Å².